The van der Waals surface area contributed by atoms with Crippen molar-refractivity contribution in [3.05, 3.63) is 72.8 Å². The van der Waals surface area contributed by atoms with Crippen LogP contribution in [0.15, 0.2) is 72.8 Å². The Balaban J connectivity index is 2.02. The molecule has 0 bridgehead atoms. The minimum absolute atomic E-state index is 0.796. The molecular formula is C22H16N2. The van der Waals surface area contributed by atoms with Gasteiger partial charge in [-0.05, 0) is 45.8 Å². The van der Waals surface area contributed by atoms with Crippen molar-refractivity contribution in [1.29, 1.82) is 0 Å². The van der Waals surface area contributed by atoms with Crippen molar-refractivity contribution in [2.24, 2.45) is 0 Å². The summed E-state index contributed by atoms with van der Waals surface area (Å²) in [5.41, 5.74) is 14.6. The lowest BCUT2D eigenvalue weighted by Crippen LogP contribution is -1.95. The molecule has 114 valence electrons. The van der Waals surface area contributed by atoms with Crippen LogP contribution in [0.2, 0.25) is 0 Å². The number of fused-ring (bicyclic) bond motifs is 4. The fourth-order valence-corrected chi connectivity index (χ4v) is 3.68. The van der Waals surface area contributed by atoms with E-state index in [1.54, 1.807) is 0 Å². The second kappa shape index (κ2) is 4.62. The summed E-state index contributed by atoms with van der Waals surface area (Å²) in [7, 11) is 0. The van der Waals surface area contributed by atoms with E-state index < -0.39 is 0 Å². The van der Waals surface area contributed by atoms with E-state index in [9.17, 15) is 0 Å². The fourth-order valence-electron chi connectivity index (χ4n) is 3.68. The highest BCUT2D eigenvalue weighted by Gasteiger charge is 2.11. The number of nitrogen functional groups attached to an aromatic ring is 2. The predicted molar refractivity (Wildman–Crippen MR) is 105 cm³/mol. The fraction of sp³-hybridized carbons (Fsp3) is 0. The Kier molecular flexibility index (Phi) is 2.54. The van der Waals surface area contributed by atoms with E-state index in [0.29, 0.717) is 0 Å². The van der Waals surface area contributed by atoms with Gasteiger partial charge in [-0.25, -0.2) is 0 Å². The summed E-state index contributed by atoms with van der Waals surface area (Å²) < 4.78 is 0. The van der Waals surface area contributed by atoms with Gasteiger partial charge in [0.15, 0.2) is 0 Å². The van der Waals surface area contributed by atoms with Crippen LogP contribution in [0.25, 0.3) is 43.1 Å². The molecule has 0 aliphatic heterocycles. The third-order valence-corrected chi connectivity index (χ3v) is 4.93. The summed E-state index contributed by atoms with van der Waals surface area (Å²) in [6.07, 6.45) is 0. The zero-order valence-electron chi connectivity index (χ0n) is 13.1. The Bertz CT molecular complexity index is 1270. The van der Waals surface area contributed by atoms with E-state index >= 15 is 0 Å². The topological polar surface area (TPSA) is 52.0 Å². The molecule has 5 rings (SSSR count). The zero-order chi connectivity index (χ0) is 16.3. The van der Waals surface area contributed by atoms with Crippen LogP contribution in [-0.2, 0) is 0 Å². The van der Waals surface area contributed by atoms with Crippen LogP contribution in [0.5, 0.6) is 0 Å². The Morgan fingerprint density at radius 3 is 1.67 bits per heavy atom. The molecule has 0 amide bonds. The van der Waals surface area contributed by atoms with Crippen molar-refractivity contribution < 1.29 is 0 Å². The second-order valence-electron chi connectivity index (χ2n) is 6.32. The maximum atomic E-state index is 6.55. The van der Waals surface area contributed by atoms with E-state index in [1.807, 2.05) is 12.1 Å². The molecule has 0 fully saturated rings. The van der Waals surface area contributed by atoms with Gasteiger partial charge in [0.1, 0.15) is 0 Å². The first-order valence-corrected chi connectivity index (χ1v) is 8.04. The monoisotopic (exact) mass is 308 g/mol. The van der Waals surface area contributed by atoms with E-state index in [4.69, 9.17) is 11.5 Å². The quantitative estimate of drug-likeness (QED) is 0.294. The molecule has 0 saturated heterocycles. The summed E-state index contributed by atoms with van der Waals surface area (Å²) in [5, 5.41) is 8.85. The minimum atomic E-state index is 0.796. The zero-order valence-corrected chi connectivity index (χ0v) is 13.1. The minimum Gasteiger partial charge on any atom is -0.398 e. The highest BCUT2D eigenvalue weighted by Crippen LogP contribution is 2.39. The number of rotatable bonds is 0. The van der Waals surface area contributed by atoms with E-state index in [-0.39, 0.29) is 0 Å². The normalized spacial score (nSPS) is 11.7. The number of benzene rings is 5. The van der Waals surface area contributed by atoms with Gasteiger partial charge in [-0.1, -0.05) is 48.5 Å². The van der Waals surface area contributed by atoms with Gasteiger partial charge in [0.05, 0.1) is 0 Å². The number of nitrogens with two attached hydrogens (primary N) is 2. The van der Waals surface area contributed by atoms with Gasteiger partial charge < -0.3 is 11.5 Å². The van der Waals surface area contributed by atoms with Crippen LogP contribution >= 0.6 is 0 Å². The molecule has 0 spiro atoms. The third kappa shape index (κ3) is 1.71. The summed E-state index contributed by atoms with van der Waals surface area (Å²) in [5.74, 6) is 0. The number of anilines is 2. The first kappa shape index (κ1) is 13.2. The first-order chi connectivity index (χ1) is 11.7. The molecule has 5 aromatic rings. The molecule has 0 aliphatic carbocycles. The maximum Gasteiger partial charge on any atom is 0.0474 e. The van der Waals surface area contributed by atoms with Crippen LogP contribution in [0.1, 0.15) is 0 Å². The molecule has 0 atom stereocenters. The van der Waals surface area contributed by atoms with E-state index in [0.717, 1.165) is 43.7 Å². The average Bonchev–Trinajstić information content (AvgIpc) is 2.62. The molecule has 2 nitrogen and oxygen atoms in total. The number of hydrogen-bond acceptors (Lipinski definition) is 2. The van der Waals surface area contributed by atoms with Crippen LogP contribution in [0.3, 0.4) is 0 Å². The van der Waals surface area contributed by atoms with Gasteiger partial charge in [-0.2, -0.15) is 0 Å². The molecular weight excluding hydrogens is 292 g/mol. The van der Waals surface area contributed by atoms with Gasteiger partial charge >= 0.3 is 0 Å². The van der Waals surface area contributed by atoms with E-state index in [2.05, 4.69) is 60.7 Å². The van der Waals surface area contributed by atoms with Crippen LogP contribution in [0.4, 0.5) is 11.4 Å². The van der Waals surface area contributed by atoms with Crippen molar-refractivity contribution in [2.75, 3.05) is 11.5 Å². The Labute approximate surface area is 139 Å². The van der Waals surface area contributed by atoms with Crippen molar-refractivity contribution >= 4 is 54.5 Å². The molecule has 4 N–H and O–H groups in total. The average molecular weight is 308 g/mol. The Morgan fingerprint density at radius 1 is 0.417 bits per heavy atom. The summed E-state index contributed by atoms with van der Waals surface area (Å²) >= 11 is 0. The molecule has 0 aliphatic rings. The van der Waals surface area contributed by atoms with Crippen molar-refractivity contribution in [3.63, 3.8) is 0 Å². The summed E-state index contributed by atoms with van der Waals surface area (Å²) in [6.45, 7) is 0. The van der Waals surface area contributed by atoms with Gasteiger partial charge in [0.2, 0.25) is 0 Å². The molecule has 0 aromatic heterocycles. The Hall–Kier alpha value is -3.26. The first-order valence-electron chi connectivity index (χ1n) is 8.04. The molecule has 2 heteroatoms. The SMILES string of the molecule is Nc1c2ccccc2cc2c(N)c3cc4ccccc4cc3cc12. The Morgan fingerprint density at radius 2 is 0.917 bits per heavy atom. The van der Waals surface area contributed by atoms with Crippen molar-refractivity contribution in [2.45, 2.75) is 0 Å². The molecule has 24 heavy (non-hydrogen) atoms. The van der Waals surface area contributed by atoms with Gasteiger partial charge in [-0.15, -0.1) is 0 Å². The lowest BCUT2D eigenvalue weighted by molar-refractivity contribution is 1.76. The van der Waals surface area contributed by atoms with Gasteiger partial charge in [-0.3, -0.25) is 0 Å². The van der Waals surface area contributed by atoms with Crippen molar-refractivity contribution in [3.8, 4) is 0 Å². The maximum absolute atomic E-state index is 6.55. The smallest absolute Gasteiger partial charge is 0.0474 e. The second-order valence-corrected chi connectivity index (χ2v) is 6.32. The van der Waals surface area contributed by atoms with E-state index in [1.165, 1.54) is 10.8 Å². The predicted octanol–water partition coefficient (Wildman–Crippen LogP) is 5.46. The van der Waals surface area contributed by atoms with Crippen molar-refractivity contribution in [1.82, 2.24) is 0 Å². The molecule has 0 unspecified atom stereocenters. The third-order valence-electron chi connectivity index (χ3n) is 4.93. The largest absolute Gasteiger partial charge is 0.398 e. The summed E-state index contributed by atoms with van der Waals surface area (Å²) in [6, 6.07) is 25.2. The molecule has 5 aromatic carbocycles. The van der Waals surface area contributed by atoms with Crippen LogP contribution < -0.4 is 11.5 Å². The lowest BCUT2D eigenvalue weighted by Gasteiger charge is -2.13. The summed E-state index contributed by atoms with van der Waals surface area (Å²) in [4.78, 5) is 0. The standard InChI is InChI=1S/C22H16N2/c23-21-17-8-4-3-7-15(17)11-19-20(21)12-16-9-13-5-1-2-6-14(13)10-18(16)22(19)24/h1-12H,23-24H2. The lowest BCUT2D eigenvalue weighted by atomic mass is 9.94. The van der Waals surface area contributed by atoms with Crippen LogP contribution in [-0.4, -0.2) is 0 Å². The highest BCUT2D eigenvalue weighted by molar-refractivity contribution is 6.21. The van der Waals surface area contributed by atoms with Crippen LogP contribution in [0, 0.1) is 0 Å². The molecule has 0 heterocycles. The van der Waals surface area contributed by atoms with Gasteiger partial charge in [0.25, 0.3) is 0 Å². The number of hydrogen-bond donors (Lipinski definition) is 2. The molecule has 0 radical (unpaired) electrons. The van der Waals surface area contributed by atoms with Gasteiger partial charge in [0, 0.05) is 32.9 Å². The molecule has 0 saturated carbocycles. The highest BCUT2D eigenvalue weighted by atomic mass is 14.6.